The predicted molar refractivity (Wildman–Crippen MR) is 126 cm³/mol. The molecule has 1 aromatic carbocycles. The molecular weight excluding hydrogens is 453 g/mol. The number of nitrogens with one attached hydrogen (secondary N) is 1. The number of fused-ring (bicyclic) bond motifs is 2. The Hall–Kier alpha value is -4.38. The highest BCUT2D eigenvalue weighted by Crippen LogP contribution is 2.29. The van der Waals surface area contributed by atoms with E-state index in [1.54, 1.807) is 16.9 Å². The molecule has 0 aliphatic carbocycles. The normalized spacial score (nSPS) is 14.1. The van der Waals surface area contributed by atoms with Crippen molar-refractivity contribution in [1.82, 2.24) is 29.7 Å². The van der Waals surface area contributed by atoms with Crippen molar-refractivity contribution in [3.63, 3.8) is 0 Å². The van der Waals surface area contributed by atoms with Gasteiger partial charge in [0.1, 0.15) is 34.1 Å². The van der Waals surface area contributed by atoms with E-state index in [0.29, 0.717) is 47.7 Å². The number of carboxylic acid groups (broad SMARTS) is 1. The zero-order chi connectivity index (χ0) is 23.9. The van der Waals surface area contributed by atoms with Crippen molar-refractivity contribution in [2.45, 2.75) is 6.54 Å². The van der Waals surface area contributed by atoms with Crippen molar-refractivity contribution >= 4 is 33.9 Å². The molecule has 0 atom stereocenters. The number of aromatic carboxylic acids is 1. The summed E-state index contributed by atoms with van der Waals surface area (Å²) in [6, 6.07) is 8.37. The van der Waals surface area contributed by atoms with Gasteiger partial charge in [-0.1, -0.05) is 6.07 Å². The van der Waals surface area contributed by atoms with Crippen molar-refractivity contribution in [3.05, 3.63) is 65.9 Å². The Morgan fingerprint density at radius 1 is 1.14 bits per heavy atom. The number of pyridine rings is 1. The Balaban J connectivity index is 1.38. The maximum Gasteiger partial charge on any atom is 0.339 e. The third kappa shape index (κ3) is 3.85. The fraction of sp³-hybridized carbons (Fsp3) is 0.208. The summed E-state index contributed by atoms with van der Waals surface area (Å²) in [6.07, 6.45) is 4.68. The topological polar surface area (TPSA) is 122 Å². The van der Waals surface area contributed by atoms with E-state index in [1.807, 2.05) is 12.1 Å². The summed E-state index contributed by atoms with van der Waals surface area (Å²) in [5.41, 5.74) is 3.01. The lowest BCUT2D eigenvalue weighted by molar-refractivity contribution is 0.0699. The lowest BCUT2D eigenvalue weighted by Gasteiger charge is -2.27. The Bertz CT molecular complexity index is 1560. The molecule has 5 heterocycles. The molecule has 0 spiro atoms. The predicted octanol–water partition coefficient (Wildman–Crippen LogP) is 3.09. The highest BCUT2D eigenvalue weighted by atomic mass is 19.1. The fourth-order valence-corrected chi connectivity index (χ4v) is 4.29. The number of aromatic nitrogens is 6. The first-order valence-electron chi connectivity index (χ1n) is 11.1. The van der Waals surface area contributed by atoms with E-state index >= 15 is 0 Å². The van der Waals surface area contributed by atoms with Crippen LogP contribution in [0, 0.1) is 5.82 Å². The van der Waals surface area contributed by atoms with E-state index < -0.39 is 5.97 Å². The number of carboxylic acids is 1. The summed E-state index contributed by atoms with van der Waals surface area (Å²) in [6.45, 7) is 3.34. The highest BCUT2D eigenvalue weighted by molar-refractivity contribution is 6.01. The molecule has 1 saturated heterocycles. The van der Waals surface area contributed by atoms with Gasteiger partial charge in [-0.2, -0.15) is 5.10 Å². The summed E-state index contributed by atoms with van der Waals surface area (Å²) in [7, 11) is 0. The van der Waals surface area contributed by atoms with E-state index in [2.05, 4.69) is 24.8 Å². The SMILES string of the molecule is O=C(O)c1c[nH]c2ncc(-c3nn(Cc4ccc(N5CCOCC5)nc4)c4cc(F)ccc34)nc12. The van der Waals surface area contributed by atoms with Gasteiger partial charge in [-0.15, -0.1) is 0 Å². The number of nitrogens with zero attached hydrogens (tertiary/aromatic N) is 6. The van der Waals surface area contributed by atoms with Gasteiger partial charge in [0.05, 0.1) is 31.5 Å². The van der Waals surface area contributed by atoms with Crippen LogP contribution in [0.2, 0.25) is 0 Å². The highest BCUT2D eigenvalue weighted by Gasteiger charge is 2.19. The number of H-pyrrole nitrogens is 1. The number of halogens is 1. The van der Waals surface area contributed by atoms with Gasteiger partial charge in [0.25, 0.3) is 0 Å². The van der Waals surface area contributed by atoms with Gasteiger partial charge in [-0.25, -0.2) is 24.1 Å². The minimum atomic E-state index is -1.10. The molecule has 176 valence electrons. The van der Waals surface area contributed by atoms with Crippen LogP contribution in [0.5, 0.6) is 0 Å². The van der Waals surface area contributed by atoms with Crippen LogP contribution in [0.3, 0.4) is 0 Å². The van der Waals surface area contributed by atoms with Gasteiger partial charge in [0.15, 0.2) is 5.65 Å². The van der Waals surface area contributed by atoms with Gasteiger partial charge >= 0.3 is 5.97 Å². The van der Waals surface area contributed by atoms with E-state index in [-0.39, 0.29) is 16.9 Å². The maximum atomic E-state index is 14.2. The van der Waals surface area contributed by atoms with Crippen molar-refractivity contribution in [2.24, 2.45) is 0 Å². The summed E-state index contributed by atoms with van der Waals surface area (Å²) < 4.78 is 21.3. The van der Waals surface area contributed by atoms with Gasteiger partial charge in [-0.05, 0) is 29.8 Å². The lowest BCUT2D eigenvalue weighted by Crippen LogP contribution is -2.36. The molecule has 0 saturated carbocycles. The fourth-order valence-electron chi connectivity index (χ4n) is 4.29. The minimum absolute atomic E-state index is 0.0237. The number of hydrogen-bond donors (Lipinski definition) is 2. The van der Waals surface area contributed by atoms with E-state index in [0.717, 1.165) is 24.5 Å². The van der Waals surface area contributed by atoms with Crippen LogP contribution in [0.25, 0.3) is 33.5 Å². The number of benzene rings is 1. The molecule has 6 rings (SSSR count). The quantitative estimate of drug-likeness (QED) is 0.399. The molecule has 0 amide bonds. The molecule has 5 aromatic rings. The number of ether oxygens (including phenoxy) is 1. The minimum Gasteiger partial charge on any atom is -0.478 e. The van der Waals surface area contributed by atoms with Crippen LogP contribution in [0.4, 0.5) is 10.2 Å². The molecule has 0 unspecified atom stereocenters. The average molecular weight is 473 g/mol. The maximum absolute atomic E-state index is 14.2. The monoisotopic (exact) mass is 473 g/mol. The van der Waals surface area contributed by atoms with Gasteiger partial charge in [0, 0.05) is 30.9 Å². The summed E-state index contributed by atoms with van der Waals surface area (Å²) in [5.74, 6) is -0.599. The summed E-state index contributed by atoms with van der Waals surface area (Å²) >= 11 is 0. The van der Waals surface area contributed by atoms with Crippen molar-refractivity contribution in [2.75, 3.05) is 31.2 Å². The number of morpholine rings is 1. The first-order valence-corrected chi connectivity index (χ1v) is 11.1. The van der Waals surface area contributed by atoms with Crippen LogP contribution >= 0.6 is 0 Å². The van der Waals surface area contributed by atoms with E-state index in [9.17, 15) is 14.3 Å². The van der Waals surface area contributed by atoms with Crippen LogP contribution < -0.4 is 4.90 Å². The Morgan fingerprint density at radius 2 is 2.00 bits per heavy atom. The van der Waals surface area contributed by atoms with Gasteiger partial charge in [0.2, 0.25) is 0 Å². The molecule has 1 aliphatic rings. The number of rotatable bonds is 5. The lowest BCUT2D eigenvalue weighted by atomic mass is 10.1. The molecule has 11 heteroatoms. The zero-order valence-corrected chi connectivity index (χ0v) is 18.5. The van der Waals surface area contributed by atoms with Crippen molar-refractivity contribution in [1.29, 1.82) is 0 Å². The molecule has 10 nitrogen and oxygen atoms in total. The average Bonchev–Trinajstić information content (AvgIpc) is 3.46. The van der Waals surface area contributed by atoms with Crippen LogP contribution in [0.1, 0.15) is 15.9 Å². The van der Waals surface area contributed by atoms with Crippen molar-refractivity contribution < 1.29 is 19.0 Å². The molecule has 0 radical (unpaired) electrons. The molecule has 1 aliphatic heterocycles. The second kappa shape index (κ2) is 8.44. The Labute approximate surface area is 198 Å². The molecule has 1 fully saturated rings. The summed E-state index contributed by atoms with van der Waals surface area (Å²) in [4.78, 5) is 29.9. The molecule has 35 heavy (non-hydrogen) atoms. The number of aromatic amines is 1. The smallest absolute Gasteiger partial charge is 0.339 e. The van der Waals surface area contributed by atoms with E-state index in [1.165, 1.54) is 24.5 Å². The number of anilines is 1. The van der Waals surface area contributed by atoms with Crippen molar-refractivity contribution in [3.8, 4) is 11.4 Å². The third-order valence-electron chi connectivity index (χ3n) is 6.04. The molecular formula is C24H20FN7O3. The standard InChI is InChI=1S/C24H20FN7O3/c25-15-2-3-16-19(9-15)32(13-14-1-4-20(26-10-14)31-5-7-35-8-6-31)30-21(16)18-12-28-23-22(29-18)17(11-27-23)24(33)34/h1-4,9-12H,5-8,13H2,(H,27,28)(H,33,34). The summed E-state index contributed by atoms with van der Waals surface area (Å²) in [5, 5.41) is 14.8. The molecule has 4 aromatic heterocycles. The largest absolute Gasteiger partial charge is 0.478 e. The van der Waals surface area contributed by atoms with Gasteiger partial charge < -0.3 is 19.7 Å². The van der Waals surface area contributed by atoms with Crippen LogP contribution in [-0.4, -0.2) is 67.1 Å². The van der Waals surface area contributed by atoms with E-state index in [4.69, 9.17) is 9.84 Å². The first-order chi connectivity index (χ1) is 17.1. The van der Waals surface area contributed by atoms with Gasteiger partial charge in [-0.3, -0.25) is 4.68 Å². The number of hydrogen-bond acceptors (Lipinski definition) is 7. The Kier molecular flexibility index (Phi) is 5.10. The first kappa shape index (κ1) is 21.2. The second-order valence-corrected chi connectivity index (χ2v) is 8.25. The Morgan fingerprint density at radius 3 is 2.77 bits per heavy atom. The molecule has 0 bridgehead atoms. The van der Waals surface area contributed by atoms with Crippen LogP contribution in [-0.2, 0) is 11.3 Å². The second-order valence-electron chi connectivity index (χ2n) is 8.25. The molecule has 2 N–H and O–H groups in total. The zero-order valence-electron chi connectivity index (χ0n) is 18.5. The van der Waals surface area contributed by atoms with Crippen LogP contribution in [0.15, 0.2) is 48.9 Å². The third-order valence-corrected chi connectivity index (χ3v) is 6.04. The number of carbonyl (C=O) groups is 1.